The number of para-hydroxylation sites is 1. The van der Waals surface area contributed by atoms with Crippen LogP contribution in [0.5, 0.6) is 5.75 Å². The van der Waals surface area contributed by atoms with Gasteiger partial charge in [0.05, 0.1) is 22.6 Å². The standard InChI is InChI=1S/C29H28N2O3/c1-4-31-24-16-9-8-15-23(24)27-26(29(31)32)25(21-13-10-14-22(17-21)33-19(2)3)28(34-27)30-18-20-11-6-5-7-12-20/h5-17,19,30H,4,18H2,1-3H3. The predicted molar refractivity (Wildman–Crippen MR) is 139 cm³/mol. The molecule has 5 nitrogen and oxygen atoms in total. The number of benzene rings is 3. The monoisotopic (exact) mass is 452 g/mol. The minimum Gasteiger partial charge on any atom is -0.491 e. The van der Waals surface area contributed by atoms with Crippen LogP contribution in [-0.2, 0) is 13.1 Å². The maximum atomic E-state index is 13.8. The van der Waals surface area contributed by atoms with Gasteiger partial charge in [0.15, 0.2) is 5.58 Å². The van der Waals surface area contributed by atoms with Gasteiger partial charge in [0.25, 0.3) is 5.56 Å². The average molecular weight is 453 g/mol. The lowest BCUT2D eigenvalue weighted by molar-refractivity contribution is 0.242. The number of hydrogen-bond donors (Lipinski definition) is 1. The lowest BCUT2D eigenvalue weighted by Crippen LogP contribution is -2.19. The third-order valence-electron chi connectivity index (χ3n) is 5.91. The number of pyridine rings is 1. The van der Waals surface area contributed by atoms with E-state index in [0.717, 1.165) is 33.3 Å². The molecule has 2 aromatic heterocycles. The van der Waals surface area contributed by atoms with E-state index in [2.05, 4.69) is 17.4 Å². The largest absolute Gasteiger partial charge is 0.491 e. The van der Waals surface area contributed by atoms with Crippen LogP contribution in [0, 0.1) is 0 Å². The van der Waals surface area contributed by atoms with Crippen LogP contribution in [0.4, 0.5) is 5.88 Å². The van der Waals surface area contributed by atoms with Gasteiger partial charge in [0.1, 0.15) is 5.75 Å². The Bertz CT molecular complexity index is 1510. The molecule has 0 radical (unpaired) electrons. The van der Waals surface area contributed by atoms with Gasteiger partial charge in [-0.1, -0.05) is 54.6 Å². The van der Waals surface area contributed by atoms with E-state index in [1.807, 2.05) is 92.1 Å². The summed E-state index contributed by atoms with van der Waals surface area (Å²) in [6, 6.07) is 25.9. The minimum atomic E-state index is -0.0575. The second-order valence-corrected chi connectivity index (χ2v) is 8.61. The molecule has 3 aromatic carbocycles. The Kier molecular flexibility index (Phi) is 5.84. The van der Waals surface area contributed by atoms with Gasteiger partial charge in [-0.25, -0.2) is 0 Å². The van der Waals surface area contributed by atoms with Crippen LogP contribution in [0.25, 0.3) is 33.0 Å². The van der Waals surface area contributed by atoms with E-state index < -0.39 is 0 Å². The third kappa shape index (κ3) is 3.94. The average Bonchev–Trinajstić information content (AvgIpc) is 3.24. The second-order valence-electron chi connectivity index (χ2n) is 8.61. The summed E-state index contributed by atoms with van der Waals surface area (Å²) in [4.78, 5) is 13.8. The Morgan fingerprint density at radius 1 is 0.971 bits per heavy atom. The highest BCUT2D eigenvalue weighted by Crippen LogP contribution is 2.40. The zero-order valence-electron chi connectivity index (χ0n) is 19.7. The molecule has 0 spiro atoms. The zero-order chi connectivity index (χ0) is 23.7. The number of furan rings is 1. The van der Waals surface area contributed by atoms with Gasteiger partial charge in [-0.3, -0.25) is 4.79 Å². The highest BCUT2D eigenvalue weighted by Gasteiger charge is 2.23. The molecular formula is C29H28N2O3. The van der Waals surface area contributed by atoms with E-state index in [1.54, 1.807) is 0 Å². The van der Waals surface area contributed by atoms with E-state index in [-0.39, 0.29) is 11.7 Å². The molecule has 1 N–H and O–H groups in total. The molecule has 0 unspecified atom stereocenters. The van der Waals surface area contributed by atoms with Crippen molar-refractivity contribution in [3.05, 3.63) is 94.8 Å². The molecule has 2 heterocycles. The summed E-state index contributed by atoms with van der Waals surface area (Å²) in [5, 5.41) is 4.95. The first kappa shape index (κ1) is 21.8. The number of aryl methyl sites for hydroxylation is 1. The van der Waals surface area contributed by atoms with Crippen molar-refractivity contribution in [1.82, 2.24) is 4.57 Å². The van der Waals surface area contributed by atoms with Crippen LogP contribution in [0.3, 0.4) is 0 Å². The van der Waals surface area contributed by atoms with E-state index in [1.165, 1.54) is 0 Å². The molecule has 34 heavy (non-hydrogen) atoms. The maximum Gasteiger partial charge on any atom is 0.262 e. The number of ether oxygens (including phenoxy) is 1. The van der Waals surface area contributed by atoms with Crippen molar-refractivity contribution in [2.24, 2.45) is 0 Å². The Hall–Kier alpha value is -3.99. The third-order valence-corrected chi connectivity index (χ3v) is 5.91. The summed E-state index contributed by atoms with van der Waals surface area (Å²) in [6.45, 7) is 7.14. The van der Waals surface area contributed by atoms with Gasteiger partial charge < -0.3 is 19.0 Å². The number of rotatable bonds is 7. The normalized spacial score (nSPS) is 11.4. The molecule has 0 fully saturated rings. The number of fused-ring (bicyclic) bond motifs is 3. The lowest BCUT2D eigenvalue weighted by Gasteiger charge is -2.12. The lowest BCUT2D eigenvalue weighted by atomic mass is 10.0. The number of nitrogens with one attached hydrogen (secondary N) is 1. The number of anilines is 1. The van der Waals surface area contributed by atoms with Crippen LogP contribution in [0.1, 0.15) is 26.3 Å². The van der Waals surface area contributed by atoms with Crippen molar-refractivity contribution in [2.45, 2.75) is 40.0 Å². The van der Waals surface area contributed by atoms with Crippen molar-refractivity contribution in [3.8, 4) is 16.9 Å². The first-order chi connectivity index (χ1) is 16.6. The summed E-state index contributed by atoms with van der Waals surface area (Å²) in [5.74, 6) is 1.34. The van der Waals surface area contributed by atoms with Crippen LogP contribution >= 0.6 is 0 Å². The second kappa shape index (κ2) is 9.10. The van der Waals surface area contributed by atoms with E-state index in [0.29, 0.717) is 29.9 Å². The van der Waals surface area contributed by atoms with E-state index in [4.69, 9.17) is 9.15 Å². The minimum absolute atomic E-state index is 0.0493. The van der Waals surface area contributed by atoms with Gasteiger partial charge in [0.2, 0.25) is 5.88 Å². The molecule has 0 saturated heterocycles. The van der Waals surface area contributed by atoms with Gasteiger partial charge >= 0.3 is 0 Å². The topological polar surface area (TPSA) is 56.4 Å². The van der Waals surface area contributed by atoms with Crippen molar-refractivity contribution in [2.75, 3.05) is 5.32 Å². The number of aromatic nitrogens is 1. The quantitative estimate of drug-likeness (QED) is 0.294. The van der Waals surface area contributed by atoms with E-state index >= 15 is 0 Å². The zero-order valence-corrected chi connectivity index (χ0v) is 19.7. The molecule has 0 atom stereocenters. The Labute approximate surface area is 198 Å². The van der Waals surface area contributed by atoms with Gasteiger partial charge in [-0.15, -0.1) is 0 Å². The van der Waals surface area contributed by atoms with Crippen molar-refractivity contribution < 1.29 is 9.15 Å². The van der Waals surface area contributed by atoms with Crippen LogP contribution < -0.4 is 15.6 Å². The molecule has 0 aliphatic heterocycles. The molecule has 5 rings (SSSR count). The van der Waals surface area contributed by atoms with Crippen LogP contribution in [0.15, 0.2) is 88.1 Å². The van der Waals surface area contributed by atoms with Crippen LogP contribution in [-0.4, -0.2) is 10.7 Å². The van der Waals surface area contributed by atoms with Gasteiger partial charge in [-0.05, 0) is 56.2 Å². The fraction of sp³-hybridized carbons (Fsp3) is 0.207. The molecule has 0 saturated carbocycles. The number of nitrogens with zero attached hydrogens (tertiary/aromatic N) is 1. The molecule has 172 valence electrons. The van der Waals surface area contributed by atoms with Gasteiger partial charge in [0, 0.05) is 18.5 Å². The maximum absolute atomic E-state index is 13.8. The van der Waals surface area contributed by atoms with Gasteiger partial charge in [-0.2, -0.15) is 0 Å². The van der Waals surface area contributed by atoms with E-state index in [9.17, 15) is 4.79 Å². The fourth-order valence-corrected chi connectivity index (χ4v) is 4.46. The Balaban J connectivity index is 1.77. The molecule has 0 aliphatic carbocycles. The molecule has 5 heteroatoms. The summed E-state index contributed by atoms with van der Waals surface area (Å²) in [7, 11) is 0. The smallest absolute Gasteiger partial charge is 0.262 e. The summed E-state index contributed by atoms with van der Waals surface area (Å²) in [6.07, 6.45) is 0.0493. The molecular weight excluding hydrogens is 424 g/mol. The molecule has 0 bridgehead atoms. The molecule has 0 aliphatic rings. The fourth-order valence-electron chi connectivity index (χ4n) is 4.46. The van der Waals surface area contributed by atoms with Crippen molar-refractivity contribution >= 4 is 27.8 Å². The SMILES string of the molecule is CCn1c(=O)c2c(-c3cccc(OC(C)C)c3)c(NCc3ccccc3)oc2c2ccccc21. The Morgan fingerprint density at radius 3 is 2.50 bits per heavy atom. The summed E-state index contributed by atoms with van der Waals surface area (Å²) >= 11 is 0. The number of hydrogen-bond acceptors (Lipinski definition) is 4. The van der Waals surface area contributed by atoms with Crippen LogP contribution in [0.2, 0.25) is 0 Å². The molecule has 5 aromatic rings. The Morgan fingerprint density at radius 2 is 1.74 bits per heavy atom. The highest BCUT2D eigenvalue weighted by atomic mass is 16.5. The summed E-state index contributed by atoms with van der Waals surface area (Å²) in [5.41, 5.74) is 4.18. The van der Waals surface area contributed by atoms with Crippen molar-refractivity contribution in [1.29, 1.82) is 0 Å². The summed E-state index contributed by atoms with van der Waals surface area (Å²) < 4.78 is 14.2. The first-order valence-corrected chi connectivity index (χ1v) is 11.7. The van der Waals surface area contributed by atoms with Crippen molar-refractivity contribution in [3.63, 3.8) is 0 Å². The highest BCUT2D eigenvalue weighted by molar-refractivity contribution is 6.10. The predicted octanol–water partition coefficient (Wildman–Crippen LogP) is 6.83. The first-order valence-electron chi connectivity index (χ1n) is 11.7. The molecule has 0 amide bonds.